The Morgan fingerprint density at radius 2 is 1.74 bits per heavy atom. The number of ether oxygens (including phenoxy) is 2. The number of rotatable bonds is 16. The largest absolute Gasteiger partial charge is 0.508 e. The van der Waals surface area contributed by atoms with Crippen LogP contribution in [0.4, 0.5) is 20.7 Å². The van der Waals surface area contributed by atoms with Crippen LogP contribution in [-0.2, 0) is 14.3 Å². The molecule has 6 fully saturated rings. The predicted molar refractivity (Wildman–Crippen MR) is 298 cm³/mol. The lowest BCUT2D eigenvalue weighted by Gasteiger charge is -2.36. The number of aromatic nitrogens is 3. The normalized spacial score (nSPS) is 24.0. The van der Waals surface area contributed by atoms with Crippen molar-refractivity contribution in [3.63, 3.8) is 0 Å². The number of carbonyl (C=O) groups excluding carboxylic acids is 5. The number of fused-ring (bicyclic) bond motifs is 6. The van der Waals surface area contributed by atoms with E-state index >= 15 is 4.39 Å². The van der Waals surface area contributed by atoms with E-state index < -0.39 is 35.5 Å². The highest BCUT2D eigenvalue weighted by Crippen LogP contribution is 2.45. The zero-order valence-electron chi connectivity index (χ0n) is 45.0. The zero-order valence-corrected chi connectivity index (χ0v) is 45.0. The number of amides is 5. The molecule has 80 heavy (non-hydrogen) atoms. The van der Waals surface area contributed by atoms with Gasteiger partial charge in [-0.3, -0.25) is 44.2 Å². The number of anilines is 2. The van der Waals surface area contributed by atoms with Gasteiger partial charge in [0.05, 0.1) is 38.8 Å². The molecule has 416 valence electrons. The van der Waals surface area contributed by atoms with E-state index in [0.29, 0.717) is 78.0 Å². The average Bonchev–Trinajstić information content (AvgIpc) is 4.31. The number of halogens is 1. The third kappa shape index (κ3) is 10.0. The van der Waals surface area contributed by atoms with Crippen molar-refractivity contribution in [1.82, 2.24) is 45.2 Å². The van der Waals surface area contributed by atoms with E-state index in [1.807, 2.05) is 11.8 Å². The van der Waals surface area contributed by atoms with Crippen LogP contribution in [0.3, 0.4) is 0 Å². The summed E-state index contributed by atoms with van der Waals surface area (Å²) in [5.74, 6) is 0.657. The Bertz CT molecular complexity index is 3400. The summed E-state index contributed by atoms with van der Waals surface area (Å²) in [5, 5.41) is 22.0. The number of nitrogens with zero attached hydrogens (tertiary/aromatic N) is 8. The molecule has 12 rings (SSSR count). The molecule has 6 saturated heterocycles. The molecule has 19 nitrogen and oxygen atoms in total. The first-order valence-corrected chi connectivity index (χ1v) is 28.1. The van der Waals surface area contributed by atoms with E-state index in [2.05, 4.69) is 43.1 Å². The summed E-state index contributed by atoms with van der Waals surface area (Å²) in [4.78, 5) is 88.8. The van der Waals surface area contributed by atoms with E-state index in [-0.39, 0.29) is 65.6 Å². The number of aryl methyl sites for hydroxylation is 1. The number of nitrogens with one attached hydrogen (secondary N) is 3. The molecule has 0 aliphatic carbocycles. The number of imide groups is 2. The highest BCUT2D eigenvalue weighted by Gasteiger charge is 2.52. The van der Waals surface area contributed by atoms with Gasteiger partial charge in [-0.05, 0) is 107 Å². The van der Waals surface area contributed by atoms with Gasteiger partial charge < -0.3 is 35.0 Å². The number of pyridine rings is 1. The molecule has 4 N–H and O–H groups in total. The average molecular weight is 1090 g/mol. The maximum absolute atomic E-state index is 15.2. The number of terminal acetylenes is 1. The van der Waals surface area contributed by atoms with Gasteiger partial charge in [-0.25, -0.2) is 9.18 Å². The Morgan fingerprint density at radius 1 is 0.950 bits per heavy atom. The van der Waals surface area contributed by atoms with Crippen molar-refractivity contribution in [2.75, 3.05) is 82.3 Å². The molecule has 0 saturated carbocycles. The Kier molecular flexibility index (Phi) is 14.4. The van der Waals surface area contributed by atoms with E-state index in [1.165, 1.54) is 6.07 Å². The molecule has 5 amide bonds. The minimum absolute atomic E-state index is 0.00280. The third-order valence-electron chi connectivity index (χ3n) is 17.5. The number of piperazine rings is 2. The van der Waals surface area contributed by atoms with Gasteiger partial charge in [0.2, 0.25) is 11.8 Å². The van der Waals surface area contributed by atoms with Gasteiger partial charge in [0.15, 0.2) is 0 Å². The summed E-state index contributed by atoms with van der Waals surface area (Å²) in [5.41, 5.74) is 4.42. The molecule has 3 aromatic carbocycles. The molecule has 7 aliphatic heterocycles. The van der Waals surface area contributed by atoms with Crippen LogP contribution in [-0.4, -0.2) is 171 Å². The summed E-state index contributed by atoms with van der Waals surface area (Å²) < 4.78 is 28.0. The van der Waals surface area contributed by atoms with Crippen LogP contribution in [0.5, 0.6) is 11.8 Å². The molecule has 5 aromatic rings. The number of hydrogen-bond acceptors (Lipinski definition) is 16. The van der Waals surface area contributed by atoms with Gasteiger partial charge in [-0.2, -0.15) is 9.97 Å². The highest BCUT2D eigenvalue weighted by molar-refractivity contribution is 6.23. The molecule has 9 heterocycles. The molecule has 7 aliphatic rings. The predicted octanol–water partition coefficient (Wildman–Crippen LogP) is 6.29. The fourth-order valence-electron chi connectivity index (χ4n) is 13.5. The van der Waals surface area contributed by atoms with Crippen molar-refractivity contribution in [2.24, 2.45) is 0 Å². The van der Waals surface area contributed by atoms with Crippen LogP contribution in [0.15, 0.2) is 60.8 Å². The van der Waals surface area contributed by atoms with Crippen LogP contribution in [0.25, 0.3) is 32.9 Å². The first kappa shape index (κ1) is 52.9. The molecular formula is C60H66FN11O8. The minimum Gasteiger partial charge on any atom is -0.508 e. The minimum atomic E-state index is -0.993. The van der Waals surface area contributed by atoms with Gasteiger partial charge >= 0.3 is 12.1 Å². The number of piperidine rings is 1. The van der Waals surface area contributed by atoms with Crippen LogP contribution in [0.2, 0.25) is 0 Å². The maximum Gasteiger partial charge on any atom is 0.409 e. The lowest BCUT2D eigenvalue weighted by molar-refractivity contribution is -0.136. The van der Waals surface area contributed by atoms with Crippen molar-refractivity contribution in [3.8, 4) is 35.4 Å². The maximum atomic E-state index is 15.2. The Morgan fingerprint density at radius 3 is 2.52 bits per heavy atom. The summed E-state index contributed by atoms with van der Waals surface area (Å²) in [7, 11) is 0. The van der Waals surface area contributed by atoms with Crippen molar-refractivity contribution >= 4 is 62.9 Å². The number of unbranched alkanes of at least 4 members (excludes halogenated alkanes) is 3. The van der Waals surface area contributed by atoms with E-state index in [0.717, 1.165) is 118 Å². The number of benzene rings is 3. The molecule has 20 heteroatoms. The number of phenolic OH excluding ortho intramolecular Hbond substituents is 1. The third-order valence-corrected chi connectivity index (χ3v) is 17.5. The molecule has 2 aromatic heterocycles. The van der Waals surface area contributed by atoms with Crippen molar-refractivity contribution in [3.05, 3.63) is 88.9 Å². The summed E-state index contributed by atoms with van der Waals surface area (Å²) in [6.07, 6.45) is 16.1. The van der Waals surface area contributed by atoms with Crippen LogP contribution < -0.4 is 25.6 Å². The first-order chi connectivity index (χ1) is 38.7. The lowest BCUT2D eigenvalue weighted by Crippen LogP contribution is -2.54. The quantitative estimate of drug-likeness (QED) is 0.0370. The number of phenols is 1. The van der Waals surface area contributed by atoms with Gasteiger partial charge in [0.25, 0.3) is 11.8 Å². The van der Waals surface area contributed by atoms with E-state index in [9.17, 15) is 29.1 Å². The second-order valence-electron chi connectivity index (χ2n) is 22.7. The van der Waals surface area contributed by atoms with Crippen LogP contribution >= 0.6 is 0 Å². The topological polar surface area (TPSA) is 215 Å². The summed E-state index contributed by atoms with van der Waals surface area (Å²) in [6, 6.07) is 11.0. The lowest BCUT2D eigenvalue weighted by atomic mass is 9.94. The molecule has 0 radical (unpaired) electrons. The van der Waals surface area contributed by atoms with E-state index in [1.54, 1.807) is 42.6 Å². The number of aromatic hydroxyl groups is 1. The van der Waals surface area contributed by atoms with Gasteiger partial charge in [0, 0.05) is 105 Å². The van der Waals surface area contributed by atoms with Crippen LogP contribution in [0.1, 0.15) is 102 Å². The standard InChI is InChI=1S/C60H66FN11O8/c1-4-43-48(61)14-9-37-25-42(73)27-46(51(37)43)52-36(3)53-47(29-63-52)54(70-31-39-10-11-40(32-70)64-39)67-58(66-53)80-34-60-18-17-41(71(60)30-35(2)28-60)33-79-59(78)69-23-21-68(22-24-69)20-8-6-5-7-19-62-38-12-13-44-45(26-38)57(77)72(56(44)76)49-15-16-50(74)65-55(49)75/h1,9,12-14,25-27,29,39-41,49,62,64,73H,2,5-8,10-11,15-24,28,30-34H2,3H3,(H,65,74,75)/t39?,40?,41-,49?,60-/m0/s1. The fourth-order valence-corrected chi connectivity index (χ4v) is 13.5. The zero-order chi connectivity index (χ0) is 55.4. The second kappa shape index (κ2) is 21.7. The fraction of sp³-hybridized carbons (Fsp3) is 0.467. The Hall–Kier alpha value is -7.73. The van der Waals surface area contributed by atoms with Crippen molar-refractivity contribution in [1.29, 1.82) is 0 Å². The number of carbonyl (C=O) groups is 5. The second-order valence-corrected chi connectivity index (χ2v) is 22.7. The molecular weight excluding hydrogens is 1020 g/mol. The molecule has 3 unspecified atom stereocenters. The first-order valence-electron chi connectivity index (χ1n) is 28.1. The van der Waals surface area contributed by atoms with Crippen molar-refractivity contribution < 1.29 is 42.9 Å². The Labute approximate surface area is 463 Å². The molecule has 0 spiro atoms. The highest BCUT2D eigenvalue weighted by atomic mass is 19.1. The van der Waals surface area contributed by atoms with Crippen LogP contribution in [0, 0.1) is 25.1 Å². The smallest absolute Gasteiger partial charge is 0.409 e. The Balaban J connectivity index is 0.628. The van der Waals surface area contributed by atoms with Gasteiger partial charge in [0.1, 0.15) is 36.6 Å². The molecule has 5 atom stereocenters. The van der Waals surface area contributed by atoms with Gasteiger partial charge in [-0.15, -0.1) is 6.42 Å². The summed E-state index contributed by atoms with van der Waals surface area (Å²) in [6.45, 7) is 13.5. The SMILES string of the molecule is C#Cc1c(F)ccc2cc(O)cc(-c3ncc4c(N5CC6CCC(C5)N6)nc(OC[C@@]56CC[C@@H](COC(=O)N7CCN(CCCCCCNc8ccc9c(c8)C(=O)N(C8CCC(=O)NC8=O)C9=O)CC7)N5CC(=C)C6)nc4c3C)c12. The monoisotopic (exact) mass is 1090 g/mol. The number of hydrogen-bond donors (Lipinski definition) is 4. The van der Waals surface area contributed by atoms with E-state index in [4.69, 9.17) is 30.8 Å². The molecule has 2 bridgehead atoms. The summed E-state index contributed by atoms with van der Waals surface area (Å²) >= 11 is 0. The van der Waals surface area contributed by atoms with Gasteiger partial charge in [-0.1, -0.05) is 37.0 Å². The van der Waals surface area contributed by atoms with Crippen molar-refractivity contribution in [2.45, 2.75) is 107 Å².